The molecule has 1 aliphatic heterocycles. The monoisotopic (exact) mass is 478 g/mol. The first-order valence-corrected chi connectivity index (χ1v) is 11.8. The van der Waals surface area contributed by atoms with Gasteiger partial charge in [0.15, 0.2) is 11.5 Å². The van der Waals surface area contributed by atoms with Crippen molar-refractivity contribution in [3.8, 4) is 0 Å². The predicted molar refractivity (Wildman–Crippen MR) is 134 cm³/mol. The highest BCUT2D eigenvalue weighted by atomic mass is 35.5. The number of imidazole rings is 1. The molecule has 1 aliphatic rings. The van der Waals surface area contributed by atoms with Crippen LogP contribution in [0.2, 0.25) is 5.02 Å². The number of anilines is 2. The second-order valence-corrected chi connectivity index (χ2v) is 9.39. The van der Waals surface area contributed by atoms with Gasteiger partial charge in [0, 0.05) is 42.2 Å². The summed E-state index contributed by atoms with van der Waals surface area (Å²) in [6.07, 6.45) is 5.77. The summed E-state index contributed by atoms with van der Waals surface area (Å²) in [6, 6.07) is 5.83. The number of halogens is 1. The van der Waals surface area contributed by atoms with E-state index in [0.717, 1.165) is 35.1 Å². The summed E-state index contributed by atoms with van der Waals surface area (Å²) in [4.78, 5) is 35.3. The number of carbonyl (C=O) groups is 1. The van der Waals surface area contributed by atoms with Crippen LogP contribution >= 0.6 is 11.6 Å². The van der Waals surface area contributed by atoms with E-state index in [1.807, 2.05) is 32.0 Å². The van der Waals surface area contributed by atoms with E-state index in [4.69, 9.17) is 16.6 Å². The van der Waals surface area contributed by atoms with E-state index >= 15 is 0 Å². The second kappa shape index (κ2) is 9.06. The number of H-pyrrole nitrogens is 1. The maximum absolute atomic E-state index is 12.3. The average molecular weight is 479 g/mol. The van der Waals surface area contributed by atoms with Crippen LogP contribution in [-0.2, 0) is 4.79 Å². The molecule has 5 rings (SSSR count). The smallest absolute Gasteiger partial charge is 0.222 e. The molecule has 4 heterocycles. The lowest BCUT2D eigenvalue weighted by atomic mass is 10.0. The molecule has 4 aromatic rings. The quantitative estimate of drug-likeness (QED) is 0.383. The van der Waals surface area contributed by atoms with Crippen LogP contribution in [0.1, 0.15) is 38.8 Å². The van der Waals surface area contributed by atoms with Gasteiger partial charge in [0.1, 0.15) is 11.8 Å². The van der Waals surface area contributed by atoms with Gasteiger partial charge in [-0.15, -0.1) is 0 Å². The molecule has 9 nitrogen and oxygen atoms in total. The summed E-state index contributed by atoms with van der Waals surface area (Å²) in [6.45, 7) is 7.41. The van der Waals surface area contributed by atoms with Crippen LogP contribution in [0.3, 0.4) is 0 Å². The minimum atomic E-state index is -0.141. The fourth-order valence-corrected chi connectivity index (χ4v) is 4.74. The summed E-state index contributed by atoms with van der Waals surface area (Å²) in [5.74, 6) is 0.678. The van der Waals surface area contributed by atoms with Crippen molar-refractivity contribution in [2.75, 3.05) is 23.3 Å². The topological polar surface area (TPSA) is 112 Å². The predicted octanol–water partition coefficient (Wildman–Crippen LogP) is 4.08. The van der Waals surface area contributed by atoms with E-state index < -0.39 is 0 Å². The molecule has 0 radical (unpaired) electrons. The van der Waals surface area contributed by atoms with Gasteiger partial charge in [0.05, 0.1) is 28.6 Å². The summed E-state index contributed by atoms with van der Waals surface area (Å²) >= 11 is 6.71. The molecule has 34 heavy (non-hydrogen) atoms. The molecule has 1 saturated heterocycles. The first-order chi connectivity index (χ1) is 16.4. The highest BCUT2D eigenvalue weighted by Crippen LogP contribution is 2.40. The van der Waals surface area contributed by atoms with Crippen LogP contribution in [0.15, 0.2) is 37.1 Å². The van der Waals surface area contributed by atoms with Crippen LogP contribution in [0, 0.1) is 5.92 Å². The molecule has 3 aromatic heterocycles. The average Bonchev–Trinajstić information content (AvgIpc) is 3.49. The molecule has 3 N–H and O–H groups in total. The Morgan fingerprint density at radius 2 is 2.06 bits per heavy atom. The number of pyridine rings is 1. The zero-order valence-electron chi connectivity index (χ0n) is 19.3. The molecule has 1 fully saturated rings. The van der Waals surface area contributed by atoms with Crippen molar-refractivity contribution in [1.82, 2.24) is 30.2 Å². The third kappa shape index (κ3) is 4.11. The van der Waals surface area contributed by atoms with E-state index in [1.54, 1.807) is 12.5 Å². The van der Waals surface area contributed by atoms with Crippen LogP contribution in [0.5, 0.6) is 0 Å². The van der Waals surface area contributed by atoms with Crippen LogP contribution in [0.4, 0.5) is 11.5 Å². The lowest BCUT2D eigenvalue weighted by Gasteiger charge is -2.27. The van der Waals surface area contributed by atoms with Crippen molar-refractivity contribution in [2.24, 2.45) is 5.92 Å². The Morgan fingerprint density at radius 1 is 1.21 bits per heavy atom. The number of nitrogens with zero attached hydrogens (tertiary/aromatic N) is 5. The van der Waals surface area contributed by atoms with Crippen LogP contribution < -0.4 is 15.5 Å². The normalized spacial score (nSPS) is 17.0. The number of benzene rings is 1. The van der Waals surface area contributed by atoms with Crippen molar-refractivity contribution >= 4 is 51.1 Å². The van der Waals surface area contributed by atoms with E-state index in [0.29, 0.717) is 28.5 Å². The third-order valence-electron chi connectivity index (χ3n) is 6.26. The minimum Gasteiger partial charge on any atom is -0.367 e. The Labute approximate surface area is 202 Å². The Bertz CT molecular complexity index is 1350. The molecule has 0 bridgehead atoms. The number of rotatable bonds is 6. The van der Waals surface area contributed by atoms with Gasteiger partial charge in [-0.1, -0.05) is 25.4 Å². The fraction of sp³-hybridized carbons (Fsp3) is 0.375. The van der Waals surface area contributed by atoms with E-state index in [1.165, 1.54) is 6.33 Å². The Morgan fingerprint density at radius 3 is 2.88 bits per heavy atom. The van der Waals surface area contributed by atoms with E-state index in [2.05, 4.69) is 42.4 Å². The van der Waals surface area contributed by atoms with Gasteiger partial charge in [-0.3, -0.25) is 9.78 Å². The van der Waals surface area contributed by atoms with Crippen LogP contribution in [-0.4, -0.2) is 50.0 Å². The molecule has 176 valence electrons. The summed E-state index contributed by atoms with van der Waals surface area (Å²) in [5.41, 5.74) is 4.23. The SMILES string of the molecule is CC(C)C(=O)N[C@H]1CCN(c2c(C(C)Nc3ncnc4[nH]cnc34)cc(Cl)c3cccnc23)C1. The van der Waals surface area contributed by atoms with Crippen molar-refractivity contribution in [3.63, 3.8) is 0 Å². The standard InChI is InChI=1S/C24H27ClN8O/c1-13(2)24(34)32-15-6-8-33(10-15)21-17(9-18(25)16-5-4-7-26-19(16)21)14(3)31-23-20-22(28-11-27-20)29-12-30-23/h4-5,7,9,11-15H,6,8,10H2,1-3H3,(H,32,34)(H2,27,28,29,30,31)/t14?,15-/m0/s1. The van der Waals surface area contributed by atoms with Crippen LogP contribution in [0.25, 0.3) is 22.1 Å². The summed E-state index contributed by atoms with van der Waals surface area (Å²) in [7, 11) is 0. The van der Waals surface area contributed by atoms with E-state index in [9.17, 15) is 4.79 Å². The summed E-state index contributed by atoms with van der Waals surface area (Å²) in [5, 5.41) is 8.21. The number of fused-ring (bicyclic) bond motifs is 2. The Balaban J connectivity index is 1.52. The molecule has 1 aromatic carbocycles. The number of hydrogen-bond donors (Lipinski definition) is 3. The second-order valence-electron chi connectivity index (χ2n) is 8.98. The maximum atomic E-state index is 12.3. The van der Waals surface area contributed by atoms with Gasteiger partial charge in [-0.05, 0) is 31.5 Å². The van der Waals surface area contributed by atoms with Crippen molar-refractivity contribution in [2.45, 2.75) is 39.3 Å². The number of carbonyl (C=O) groups excluding carboxylic acids is 1. The van der Waals surface area contributed by atoms with Gasteiger partial charge in [0.25, 0.3) is 0 Å². The highest BCUT2D eigenvalue weighted by molar-refractivity contribution is 6.36. The van der Waals surface area contributed by atoms with Gasteiger partial charge < -0.3 is 20.5 Å². The lowest BCUT2D eigenvalue weighted by Crippen LogP contribution is -2.39. The first kappa shape index (κ1) is 22.3. The number of aromatic nitrogens is 5. The zero-order chi connectivity index (χ0) is 23.8. The van der Waals surface area contributed by atoms with E-state index in [-0.39, 0.29) is 23.9 Å². The third-order valence-corrected chi connectivity index (χ3v) is 6.57. The van der Waals surface area contributed by atoms with Gasteiger partial charge in [0.2, 0.25) is 5.91 Å². The molecule has 0 aliphatic carbocycles. The first-order valence-electron chi connectivity index (χ1n) is 11.5. The Hall–Kier alpha value is -3.46. The number of nitrogens with one attached hydrogen (secondary N) is 3. The van der Waals surface area contributed by atoms with Gasteiger partial charge >= 0.3 is 0 Å². The van der Waals surface area contributed by atoms with Crippen molar-refractivity contribution < 1.29 is 4.79 Å². The minimum absolute atomic E-state index is 0.0430. The number of hydrogen-bond acceptors (Lipinski definition) is 7. The molecule has 0 spiro atoms. The molecular weight excluding hydrogens is 452 g/mol. The largest absolute Gasteiger partial charge is 0.367 e. The zero-order valence-corrected chi connectivity index (χ0v) is 20.1. The molecule has 1 amide bonds. The van der Waals surface area contributed by atoms with Gasteiger partial charge in [-0.25, -0.2) is 15.0 Å². The lowest BCUT2D eigenvalue weighted by molar-refractivity contribution is -0.124. The summed E-state index contributed by atoms with van der Waals surface area (Å²) < 4.78 is 0. The molecule has 2 atom stereocenters. The molecule has 10 heteroatoms. The van der Waals surface area contributed by atoms with Gasteiger partial charge in [-0.2, -0.15) is 0 Å². The van der Waals surface area contributed by atoms with Crippen molar-refractivity contribution in [3.05, 3.63) is 47.6 Å². The fourth-order valence-electron chi connectivity index (χ4n) is 4.47. The molecule has 0 saturated carbocycles. The number of amides is 1. The molecular formula is C24H27ClN8O. The van der Waals surface area contributed by atoms with Crippen molar-refractivity contribution in [1.29, 1.82) is 0 Å². The maximum Gasteiger partial charge on any atom is 0.222 e. The molecule has 1 unspecified atom stereocenters. The number of aromatic amines is 1. The highest BCUT2D eigenvalue weighted by Gasteiger charge is 2.29. The Kier molecular flexibility index (Phi) is 5.95.